The summed E-state index contributed by atoms with van der Waals surface area (Å²) in [6.45, 7) is 4.38. The Kier molecular flexibility index (Phi) is 4.51. The van der Waals surface area contributed by atoms with Crippen LogP contribution in [0.1, 0.15) is 30.1 Å². The first-order valence-corrected chi connectivity index (χ1v) is 7.06. The predicted molar refractivity (Wildman–Crippen MR) is 73.3 cm³/mol. The van der Waals surface area contributed by atoms with Gasteiger partial charge in [0.15, 0.2) is 5.78 Å². The lowest BCUT2D eigenvalue weighted by Crippen LogP contribution is -2.38. The average molecular weight is 314 g/mol. The van der Waals surface area contributed by atoms with Gasteiger partial charge in [-0.1, -0.05) is 22.9 Å². The van der Waals surface area contributed by atoms with Crippen LogP contribution in [-0.4, -0.2) is 30.3 Å². The summed E-state index contributed by atoms with van der Waals surface area (Å²) in [6.07, 6.45) is 2.34. The first kappa shape index (κ1) is 13.7. The number of nitrogens with zero attached hydrogens (tertiary/aromatic N) is 1. The molecule has 1 aromatic carbocycles. The highest BCUT2D eigenvalue weighted by Gasteiger charge is 2.20. The molecular formula is C14H17BrFNO. The summed E-state index contributed by atoms with van der Waals surface area (Å²) in [5, 5.41) is 0. The number of carbonyl (C=O) groups is 1. The van der Waals surface area contributed by atoms with Gasteiger partial charge < -0.3 is 0 Å². The first-order valence-electron chi connectivity index (χ1n) is 6.27. The second kappa shape index (κ2) is 5.93. The van der Waals surface area contributed by atoms with E-state index in [1.54, 1.807) is 12.1 Å². The Morgan fingerprint density at radius 2 is 2.33 bits per heavy atom. The third-order valence-electron chi connectivity index (χ3n) is 3.34. The maximum absolute atomic E-state index is 13.6. The second-order valence-electron chi connectivity index (χ2n) is 5.03. The van der Waals surface area contributed by atoms with Gasteiger partial charge in [-0.25, -0.2) is 4.39 Å². The molecule has 0 N–H and O–H groups in total. The molecule has 1 fully saturated rings. The zero-order chi connectivity index (χ0) is 13.1. The van der Waals surface area contributed by atoms with Gasteiger partial charge >= 0.3 is 0 Å². The highest BCUT2D eigenvalue weighted by molar-refractivity contribution is 9.10. The van der Waals surface area contributed by atoms with Crippen molar-refractivity contribution in [2.45, 2.75) is 19.8 Å². The normalized spacial score (nSPS) is 20.9. The lowest BCUT2D eigenvalue weighted by atomic mass is 9.99. The van der Waals surface area contributed by atoms with Crippen LogP contribution >= 0.6 is 15.9 Å². The van der Waals surface area contributed by atoms with Crippen LogP contribution in [0.15, 0.2) is 22.7 Å². The number of piperidine rings is 1. The number of halogens is 2. The van der Waals surface area contributed by atoms with Crippen LogP contribution in [0, 0.1) is 11.7 Å². The van der Waals surface area contributed by atoms with Gasteiger partial charge in [-0.15, -0.1) is 0 Å². The lowest BCUT2D eigenvalue weighted by Gasteiger charge is -2.30. The van der Waals surface area contributed by atoms with E-state index in [1.807, 2.05) is 0 Å². The molecule has 0 bridgehead atoms. The molecule has 1 aliphatic rings. The molecule has 1 aliphatic heterocycles. The molecule has 4 heteroatoms. The van der Waals surface area contributed by atoms with Crippen LogP contribution in [0.25, 0.3) is 0 Å². The summed E-state index contributed by atoms with van der Waals surface area (Å²) in [6, 6.07) is 4.50. The molecule has 0 spiro atoms. The molecule has 18 heavy (non-hydrogen) atoms. The third kappa shape index (κ3) is 3.39. The van der Waals surface area contributed by atoms with Crippen molar-refractivity contribution in [2.75, 3.05) is 19.6 Å². The summed E-state index contributed by atoms with van der Waals surface area (Å²) >= 11 is 3.27. The predicted octanol–water partition coefficient (Wildman–Crippen LogP) is 3.50. The minimum atomic E-state index is -0.437. The van der Waals surface area contributed by atoms with Crippen molar-refractivity contribution in [1.82, 2.24) is 4.90 Å². The largest absolute Gasteiger partial charge is 0.296 e. The molecule has 0 aromatic heterocycles. The van der Waals surface area contributed by atoms with Crippen LogP contribution in [-0.2, 0) is 0 Å². The highest BCUT2D eigenvalue weighted by atomic mass is 79.9. The van der Waals surface area contributed by atoms with Crippen molar-refractivity contribution < 1.29 is 9.18 Å². The molecule has 1 heterocycles. The fourth-order valence-electron chi connectivity index (χ4n) is 2.43. The molecule has 1 unspecified atom stereocenters. The number of likely N-dealkylation sites (tertiary alicyclic amines) is 1. The SMILES string of the molecule is CC1CCCN(CC(=O)c2cc(Br)ccc2F)C1. The Morgan fingerprint density at radius 1 is 1.56 bits per heavy atom. The Balaban J connectivity index is 2.05. The molecule has 1 atom stereocenters. The molecule has 0 saturated carbocycles. The van der Waals surface area contributed by atoms with Crippen molar-refractivity contribution in [3.63, 3.8) is 0 Å². The van der Waals surface area contributed by atoms with Gasteiger partial charge in [-0.2, -0.15) is 0 Å². The summed E-state index contributed by atoms with van der Waals surface area (Å²) in [5.74, 6) is 0.0510. The number of benzene rings is 1. The van der Waals surface area contributed by atoms with E-state index in [1.165, 1.54) is 12.5 Å². The van der Waals surface area contributed by atoms with Gasteiger partial charge in [0, 0.05) is 11.0 Å². The zero-order valence-corrected chi connectivity index (χ0v) is 12.0. The summed E-state index contributed by atoms with van der Waals surface area (Å²) < 4.78 is 14.3. The number of ketones is 1. The maximum atomic E-state index is 13.6. The highest BCUT2D eigenvalue weighted by Crippen LogP contribution is 2.19. The van der Waals surface area contributed by atoms with Crippen LogP contribution in [0.4, 0.5) is 4.39 Å². The summed E-state index contributed by atoms with van der Waals surface area (Å²) in [5.41, 5.74) is 0.183. The first-order chi connectivity index (χ1) is 8.56. The monoisotopic (exact) mass is 313 g/mol. The van der Waals surface area contributed by atoms with Gasteiger partial charge in [-0.05, 0) is 43.5 Å². The van der Waals surface area contributed by atoms with Gasteiger partial charge in [0.05, 0.1) is 12.1 Å². The van der Waals surface area contributed by atoms with Gasteiger partial charge in [0.1, 0.15) is 5.82 Å². The molecule has 98 valence electrons. The van der Waals surface area contributed by atoms with E-state index in [0.29, 0.717) is 12.5 Å². The Labute approximate surface area is 115 Å². The van der Waals surface area contributed by atoms with Gasteiger partial charge in [0.2, 0.25) is 0 Å². The number of Topliss-reactive ketones (excluding diaryl/α,β-unsaturated/α-hetero) is 1. The molecule has 0 aliphatic carbocycles. The van der Waals surface area contributed by atoms with Crippen molar-refractivity contribution in [3.05, 3.63) is 34.1 Å². The van der Waals surface area contributed by atoms with E-state index in [-0.39, 0.29) is 11.3 Å². The standard InChI is InChI=1S/C14H17BrFNO/c1-10-3-2-6-17(8-10)9-14(18)12-7-11(15)4-5-13(12)16/h4-5,7,10H,2-3,6,8-9H2,1H3. The fraction of sp³-hybridized carbons (Fsp3) is 0.500. The van der Waals surface area contributed by atoms with Crippen LogP contribution in [0.3, 0.4) is 0 Å². The molecule has 2 rings (SSSR count). The number of carbonyl (C=O) groups excluding carboxylic acids is 1. The number of rotatable bonds is 3. The van der Waals surface area contributed by atoms with E-state index in [2.05, 4.69) is 27.8 Å². The Hall–Kier alpha value is -0.740. The minimum Gasteiger partial charge on any atom is -0.296 e. The van der Waals surface area contributed by atoms with Crippen molar-refractivity contribution in [1.29, 1.82) is 0 Å². The lowest BCUT2D eigenvalue weighted by molar-refractivity contribution is 0.0889. The molecule has 1 aromatic rings. The van der Waals surface area contributed by atoms with Gasteiger partial charge in [-0.3, -0.25) is 9.69 Å². The van der Waals surface area contributed by atoms with Crippen molar-refractivity contribution in [3.8, 4) is 0 Å². The van der Waals surface area contributed by atoms with Gasteiger partial charge in [0.25, 0.3) is 0 Å². The second-order valence-corrected chi connectivity index (χ2v) is 5.95. The summed E-state index contributed by atoms with van der Waals surface area (Å²) in [7, 11) is 0. The van der Waals surface area contributed by atoms with E-state index in [9.17, 15) is 9.18 Å². The third-order valence-corrected chi connectivity index (χ3v) is 3.83. The topological polar surface area (TPSA) is 20.3 Å². The fourth-order valence-corrected chi connectivity index (χ4v) is 2.79. The van der Waals surface area contributed by atoms with Crippen LogP contribution in [0.2, 0.25) is 0 Å². The summed E-state index contributed by atoms with van der Waals surface area (Å²) in [4.78, 5) is 14.2. The number of hydrogen-bond donors (Lipinski definition) is 0. The smallest absolute Gasteiger partial charge is 0.179 e. The zero-order valence-electron chi connectivity index (χ0n) is 10.5. The quantitative estimate of drug-likeness (QED) is 0.796. The van der Waals surface area contributed by atoms with Crippen LogP contribution in [0.5, 0.6) is 0 Å². The van der Waals surface area contributed by atoms with Crippen LogP contribution < -0.4 is 0 Å². The Morgan fingerprint density at radius 3 is 3.06 bits per heavy atom. The minimum absolute atomic E-state index is 0.136. The van der Waals surface area contributed by atoms with Crippen molar-refractivity contribution in [2.24, 2.45) is 5.92 Å². The van der Waals surface area contributed by atoms with E-state index >= 15 is 0 Å². The molecule has 0 amide bonds. The van der Waals surface area contributed by atoms with E-state index in [0.717, 1.165) is 24.0 Å². The molecule has 2 nitrogen and oxygen atoms in total. The Bertz CT molecular complexity index is 449. The molecular weight excluding hydrogens is 297 g/mol. The van der Waals surface area contributed by atoms with Crippen molar-refractivity contribution >= 4 is 21.7 Å². The molecule has 1 saturated heterocycles. The molecule has 0 radical (unpaired) electrons. The van der Waals surface area contributed by atoms with E-state index < -0.39 is 5.82 Å². The van der Waals surface area contributed by atoms with E-state index in [4.69, 9.17) is 0 Å². The number of hydrogen-bond acceptors (Lipinski definition) is 2. The average Bonchev–Trinajstić information content (AvgIpc) is 2.32. The maximum Gasteiger partial charge on any atom is 0.179 e.